The van der Waals surface area contributed by atoms with Gasteiger partial charge in [0.25, 0.3) is 0 Å². The van der Waals surface area contributed by atoms with E-state index in [2.05, 4.69) is 11.3 Å². The summed E-state index contributed by atoms with van der Waals surface area (Å²) in [5.41, 5.74) is 1.66. The normalized spacial score (nSPS) is 19.7. The van der Waals surface area contributed by atoms with E-state index in [0.29, 0.717) is 5.92 Å². The lowest BCUT2D eigenvalue weighted by Crippen LogP contribution is -2.27. The van der Waals surface area contributed by atoms with Crippen molar-refractivity contribution in [2.75, 3.05) is 0 Å². The lowest BCUT2D eigenvalue weighted by Gasteiger charge is -2.29. The van der Waals surface area contributed by atoms with E-state index in [-0.39, 0.29) is 17.0 Å². The predicted molar refractivity (Wildman–Crippen MR) is 134 cm³/mol. The van der Waals surface area contributed by atoms with E-state index in [4.69, 9.17) is 0 Å². The molecular formula is C30H36F4O. The molecule has 1 aliphatic carbocycles. The van der Waals surface area contributed by atoms with Gasteiger partial charge in [0.05, 0.1) is 6.61 Å². The van der Waals surface area contributed by atoms with Crippen LogP contribution in [0.1, 0.15) is 86.2 Å². The summed E-state index contributed by atoms with van der Waals surface area (Å²) in [5.74, 6) is 0.372. The molecule has 0 radical (unpaired) electrons. The van der Waals surface area contributed by atoms with Crippen LogP contribution >= 0.6 is 0 Å². The highest BCUT2D eigenvalue weighted by Crippen LogP contribution is 2.39. The van der Waals surface area contributed by atoms with Crippen molar-refractivity contribution < 1.29 is 22.3 Å². The van der Waals surface area contributed by atoms with E-state index in [1.165, 1.54) is 24.3 Å². The number of hydrogen-bond acceptors (Lipinski definition) is 1. The van der Waals surface area contributed by atoms with Gasteiger partial charge in [-0.15, -0.1) is 6.58 Å². The molecule has 0 heterocycles. The van der Waals surface area contributed by atoms with Crippen LogP contribution in [0, 0.1) is 11.7 Å². The van der Waals surface area contributed by atoms with Gasteiger partial charge in [0.1, 0.15) is 5.82 Å². The first kappa shape index (κ1) is 27.2. The van der Waals surface area contributed by atoms with Crippen molar-refractivity contribution in [3.05, 3.63) is 95.3 Å². The highest BCUT2D eigenvalue weighted by Gasteiger charge is 2.43. The minimum absolute atomic E-state index is 0.000351. The van der Waals surface area contributed by atoms with Gasteiger partial charge in [-0.05, 0) is 92.9 Å². The average Bonchev–Trinajstić information content (AvgIpc) is 2.87. The van der Waals surface area contributed by atoms with E-state index in [9.17, 15) is 17.6 Å². The first-order chi connectivity index (χ1) is 16.8. The average molecular weight is 489 g/mol. The van der Waals surface area contributed by atoms with Crippen molar-refractivity contribution in [2.24, 2.45) is 5.92 Å². The molecule has 0 saturated heterocycles. The largest absolute Gasteiger partial charge is 0.391 e. The van der Waals surface area contributed by atoms with E-state index in [1.807, 2.05) is 25.2 Å². The Morgan fingerprint density at radius 1 is 1.06 bits per heavy atom. The van der Waals surface area contributed by atoms with Crippen LogP contribution in [0.3, 0.4) is 0 Å². The molecule has 1 fully saturated rings. The van der Waals surface area contributed by atoms with Crippen LogP contribution in [0.5, 0.6) is 0 Å². The molecular weight excluding hydrogens is 452 g/mol. The second-order valence-corrected chi connectivity index (χ2v) is 9.50. The number of halogens is 4. The van der Waals surface area contributed by atoms with Gasteiger partial charge in [0.15, 0.2) is 0 Å². The number of benzene rings is 2. The summed E-state index contributed by atoms with van der Waals surface area (Å²) in [6.07, 6.45) is 7.13. The van der Waals surface area contributed by atoms with Gasteiger partial charge < -0.3 is 4.74 Å². The van der Waals surface area contributed by atoms with Gasteiger partial charge in [0.2, 0.25) is 6.17 Å². The SMILES string of the molecule is C=CCCC1CCC(c2ccc(COC(F)(F)C(F)c3ccc(CC/C=C/C)cc3)c(F)c2)CC1. The molecule has 0 spiro atoms. The number of allylic oxidation sites excluding steroid dienone is 3. The third kappa shape index (κ3) is 7.79. The third-order valence-electron chi connectivity index (χ3n) is 7.00. The Hall–Kier alpha value is -2.40. The summed E-state index contributed by atoms with van der Waals surface area (Å²) in [6.45, 7) is 5.00. The molecule has 1 saturated carbocycles. The molecule has 190 valence electrons. The summed E-state index contributed by atoms with van der Waals surface area (Å²) in [7, 11) is 0. The Morgan fingerprint density at radius 2 is 1.77 bits per heavy atom. The predicted octanol–water partition coefficient (Wildman–Crippen LogP) is 9.39. The number of aryl methyl sites for hydroxylation is 1. The van der Waals surface area contributed by atoms with E-state index in [1.54, 1.807) is 18.2 Å². The van der Waals surface area contributed by atoms with Crippen molar-refractivity contribution in [1.82, 2.24) is 0 Å². The molecule has 1 unspecified atom stereocenters. The summed E-state index contributed by atoms with van der Waals surface area (Å²) < 4.78 is 62.7. The van der Waals surface area contributed by atoms with Crippen LogP contribution in [0.25, 0.3) is 0 Å². The number of rotatable bonds is 12. The van der Waals surface area contributed by atoms with Crippen LogP contribution in [-0.2, 0) is 17.8 Å². The molecule has 35 heavy (non-hydrogen) atoms. The molecule has 5 heteroatoms. The van der Waals surface area contributed by atoms with Gasteiger partial charge in [0, 0.05) is 5.56 Å². The summed E-state index contributed by atoms with van der Waals surface area (Å²) >= 11 is 0. The molecule has 0 aliphatic heterocycles. The van der Waals surface area contributed by atoms with Crippen molar-refractivity contribution in [3.8, 4) is 0 Å². The maximum atomic E-state index is 14.7. The highest BCUT2D eigenvalue weighted by atomic mass is 19.3. The van der Waals surface area contributed by atoms with Gasteiger partial charge in [-0.2, -0.15) is 8.78 Å². The quantitative estimate of drug-likeness (QED) is 0.214. The fourth-order valence-electron chi connectivity index (χ4n) is 4.78. The molecule has 1 nitrogen and oxygen atoms in total. The summed E-state index contributed by atoms with van der Waals surface area (Å²) in [6, 6.07) is 10.7. The maximum absolute atomic E-state index is 14.7. The first-order valence-electron chi connectivity index (χ1n) is 12.6. The van der Waals surface area contributed by atoms with Crippen LogP contribution < -0.4 is 0 Å². The van der Waals surface area contributed by atoms with Crippen molar-refractivity contribution in [1.29, 1.82) is 0 Å². The summed E-state index contributed by atoms with van der Waals surface area (Å²) in [4.78, 5) is 0. The monoisotopic (exact) mass is 488 g/mol. The lowest BCUT2D eigenvalue weighted by atomic mass is 9.77. The minimum Gasteiger partial charge on any atom is -0.313 e. The molecule has 0 amide bonds. The van der Waals surface area contributed by atoms with Gasteiger partial charge in [-0.1, -0.05) is 54.6 Å². The fraction of sp³-hybridized carbons (Fsp3) is 0.467. The van der Waals surface area contributed by atoms with E-state index in [0.717, 1.165) is 62.5 Å². The van der Waals surface area contributed by atoms with Gasteiger partial charge >= 0.3 is 6.11 Å². The van der Waals surface area contributed by atoms with Crippen LogP contribution in [0.15, 0.2) is 67.3 Å². The zero-order valence-electron chi connectivity index (χ0n) is 20.5. The van der Waals surface area contributed by atoms with Crippen molar-refractivity contribution in [2.45, 2.75) is 83.1 Å². The molecule has 0 bridgehead atoms. The maximum Gasteiger partial charge on any atom is 0.391 e. The fourth-order valence-corrected chi connectivity index (χ4v) is 4.78. The van der Waals surface area contributed by atoms with Gasteiger partial charge in [-0.3, -0.25) is 0 Å². The molecule has 1 aliphatic rings. The Bertz CT molecular complexity index is 959. The van der Waals surface area contributed by atoms with Crippen molar-refractivity contribution in [3.63, 3.8) is 0 Å². The Balaban J connectivity index is 1.55. The number of alkyl halides is 3. The first-order valence-corrected chi connectivity index (χ1v) is 12.6. The lowest BCUT2D eigenvalue weighted by molar-refractivity contribution is -0.282. The second-order valence-electron chi connectivity index (χ2n) is 9.50. The molecule has 2 aromatic carbocycles. The van der Waals surface area contributed by atoms with Crippen molar-refractivity contribution >= 4 is 0 Å². The zero-order chi connectivity index (χ0) is 25.3. The zero-order valence-corrected chi connectivity index (χ0v) is 20.5. The van der Waals surface area contributed by atoms with E-state index < -0.39 is 24.7 Å². The number of ether oxygens (including phenoxy) is 1. The Morgan fingerprint density at radius 3 is 2.40 bits per heavy atom. The smallest absolute Gasteiger partial charge is 0.313 e. The highest BCUT2D eigenvalue weighted by molar-refractivity contribution is 5.28. The second kappa shape index (κ2) is 13.1. The van der Waals surface area contributed by atoms with Crippen LogP contribution in [0.4, 0.5) is 17.6 Å². The minimum atomic E-state index is -4.07. The van der Waals surface area contributed by atoms with Crippen LogP contribution in [-0.4, -0.2) is 6.11 Å². The third-order valence-corrected chi connectivity index (χ3v) is 7.00. The summed E-state index contributed by atoms with van der Waals surface area (Å²) in [5, 5.41) is 0. The molecule has 0 N–H and O–H groups in total. The topological polar surface area (TPSA) is 9.23 Å². The molecule has 1 atom stereocenters. The molecule has 0 aromatic heterocycles. The standard InChI is InChI=1S/C30H36F4O/c1-3-5-7-9-23-12-16-25(17-13-23)29(32)30(33,34)35-21-27-19-18-26(20-28(27)31)24-14-10-22(11-15-24)8-6-4-2/h3-5,12-13,16-20,22,24,29H,2,6-11,14-15,21H2,1H3/b5-3+. The van der Waals surface area contributed by atoms with Crippen LogP contribution in [0.2, 0.25) is 0 Å². The Labute approximate surface area is 206 Å². The van der Waals surface area contributed by atoms with E-state index >= 15 is 0 Å². The molecule has 2 aromatic rings. The molecule has 3 rings (SSSR count). The Kier molecular flexibility index (Phi) is 10.1. The number of hydrogen-bond donors (Lipinski definition) is 0. The van der Waals surface area contributed by atoms with Gasteiger partial charge in [-0.25, -0.2) is 8.78 Å².